The van der Waals surface area contributed by atoms with E-state index in [1.54, 1.807) is 24.3 Å². The third kappa shape index (κ3) is 4.54. The second-order valence-electron chi connectivity index (χ2n) is 5.08. The van der Waals surface area contributed by atoms with Gasteiger partial charge in [0, 0.05) is 16.8 Å². The molecule has 2 rings (SSSR count). The highest BCUT2D eigenvalue weighted by molar-refractivity contribution is 6.13. The molecule has 2 aromatic rings. The van der Waals surface area contributed by atoms with E-state index < -0.39 is 17.8 Å². The monoisotopic (exact) mass is 357 g/mol. The molecule has 0 saturated heterocycles. The number of hydrogen-bond acceptors (Lipinski definition) is 6. The maximum atomic E-state index is 13.1. The van der Waals surface area contributed by atoms with E-state index in [4.69, 9.17) is 0 Å². The highest BCUT2D eigenvalue weighted by atomic mass is 19.1. The minimum Gasteiger partial charge on any atom is -0.466 e. The number of halogens is 1. The zero-order valence-corrected chi connectivity index (χ0v) is 14.1. The maximum absolute atomic E-state index is 13.1. The number of nitrogens with one attached hydrogen (secondary N) is 1. The lowest BCUT2D eigenvalue weighted by molar-refractivity contribution is -0.138. The van der Waals surface area contributed by atoms with Crippen LogP contribution in [-0.2, 0) is 19.1 Å². The van der Waals surface area contributed by atoms with Crippen molar-refractivity contribution in [1.29, 1.82) is 0 Å². The Labute approximate surface area is 149 Å². The van der Waals surface area contributed by atoms with E-state index in [9.17, 15) is 18.8 Å². The topological polar surface area (TPSA) is 81.7 Å². The van der Waals surface area contributed by atoms with Gasteiger partial charge in [0.2, 0.25) is 0 Å². The first-order valence-electron chi connectivity index (χ1n) is 7.50. The van der Waals surface area contributed by atoms with E-state index in [0.717, 1.165) is 13.2 Å². The Morgan fingerprint density at radius 2 is 1.62 bits per heavy atom. The average Bonchev–Trinajstić information content (AvgIpc) is 2.67. The van der Waals surface area contributed by atoms with Gasteiger partial charge in [-0.25, -0.2) is 14.0 Å². The van der Waals surface area contributed by atoms with Crippen molar-refractivity contribution in [3.63, 3.8) is 0 Å². The second-order valence-corrected chi connectivity index (χ2v) is 5.08. The summed E-state index contributed by atoms with van der Waals surface area (Å²) in [6, 6.07) is 11.5. The highest BCUT2D eigenvalue weighted by Gasteiger charge is 2.18. The van der Waals surface area contributed by atoms with Gasteiger partial charge in [0.1, 0.15) is 11.5 Å². The van der Waals surface area contributed by atoms with Crippen molar-refractivity contribution in [2.45, 2.75) is 0 Å². The third-order valence-electron chi connectivity index (χ3n) is 3.42. The summed E-state index contributed by atoms with van der Waals surface area (Å²) in [6.45, 7) is 0. The lowest BCUT2D eigenvalue weighted by Gasteiger charge is -2.13. The number of benzene rings is 2. The fourth-order valence-electron chi connectivity index (χ4n) is 2.12. The number of ether oxygens (including phenoxy) is 2. The Kier molecular flexibility index (Phi) is 6.21. The van der Waals surface area contributed by atoms with Crippen LogP contribution in [0.1, 0.15) is 15.9 Å². The van der Waals surface area contributed by atoms with E-state index in [1.165, 1.54) is 31.4 Å². The molecule has 26 heavy (non-hydrogen) atoms. The van der Waals surface area contributed by atoms with Gasteiger partial charge in [-0.3, -0.25) is 4.79 Å². The molecule has 134 valence electrons. The average molecular weight is 357 g/mol. The zero-order chi connectivity index (χ0) is 19.1. The fourth-order valence-corrected chi connectivity index (χ4v) is 2.12. The Morgan fingerprint density at radius 3 is 2.23 bits per heavy atom. The smallest absolute Gasteiger partial charge is 0.354 e. The third-order valence-corrected chi connectivity index (χ3v) is 3.42. The van der Waals surface area contributed by atoms with Crippen LogP contribution in [-0.4, -0.2) is 31.9 Å². The van der Waals surface area contributed by atoms with Gasteiger partial charge in [0.25, 0.3) is 0 Å². The first kappa shape index (κ1) is 18.9. The van der Waals surface area contributed by atoms with Crippen molar-refractivity contribution < 1.29 is 28.2 Å². The summed E-state index contributed by atoms with van der Waals surface area (Å²) in [5.74, 6) is -2.41. The van der Waals surface area contributed by atoms with Crippen LogP contribution < -0.4 is 5.32 Å². The molecule has 0 fully saturated rings. The zero-order valence-electron chi connectivity index (χ0n) is 14.1. The second kappa shape index (κ2) is 8.57. The molecular formula is C19H16FNO5. The van der Waals surface area contributed by atoms with Gasteiger partial charge in [-0.15, -0.1) is 0 Å². The lowest BCUT2D eigenvalue weighted by Crippen LogP contribution is -2.17. The SMILES string of the molecule is COC(=O)/C=C(/Nc1ccccc1C(=O)c1ccc(F)cc1)C(=O)OC. The Hall–Kier alpha value is -3.48. The summed E-state index contributed by atoms with van der Waals surface area (Å²) in [7, 11) is 2.32. The number of esters is 2. The fraction of sp³-hybridized carbons (Fsp3) is 0.105. The number of methoxy groups -OCH3 is 2. The van der Waals surface area contributed by atoms with Crippen LogP contribution in [0.15, 0.2) is 60.3 Å². The normalized spacial score (nSPS) is 10.8. The standard InChI is InChI=1S/C19H16FNO5/c1-25-17(22)11-16(19(24)26-2)21-15-6-4-3-5-14(15)18(23)12-7-9-13(20)10-8-12/h3-11,21H,1-2H3/b16-11+. The van der Waals surface area contributed by atoms with E-state index in [2.05, 4.69) is 14.8 Å². The van der Waals surface area contributed by atoms with Crippen LogP contribution in [0.4, 0.5) is 10.1 Å². The largest absolute Gasteiger partial charge is 0.466 e. The molecule has 0 aromatic heterocycles. The van der Waals surface area contributed by atoms with Crippen molar-refractivity contribution >= 4 is 23.4 Å². The minimum absolute atomic E-state index is 0.196. The van der Waals surface area contributed by atoms with Crippen LogP contribution in [0.3, 0.4) is 0 Å². The van der Waals surface area contributed by atoms with Gasteiger partial charge in [-0.2, -0.15) is 0 Å². The molecule has 2 aromatic carbocycles. The molecule has 0 unspecified atom stereocenters. The van der Waals surface area contributed by atoms with Crippen LogP contribution in [0.2, 0.25) is 0 Å². The van der Waals surface area contributed by atoms with Crippen molar-refractivity contribution in [2.24, 2.45) is 0 Å². The number of anilines is 1. The predicted octanol–water partition coefficient (Wildman–Crippen LogP) is 2.70. The maximum Gasteiger partial charge on any atom is 0.354 e. The number of carbonyl (C=O) groups excluding carboxylic acids is 3. The van der Waals surface area contributed by atoms with Crippen molar-refractivity contribution in [3.8, 4) is 0 Å². The molecule has 0 amide bonds. The molecule has 1 N–H and O–H groups in total. The Balaban J connectivity index is 2.40. The van der Waals surface area contributed by atoms with E-state index in [0.29, 0.717) is 0 Å². The Bertz CT molecular complexity index is 858. The summed E-state index contributed by atoms with van der Waals surface area (Å²) in [5.41, 5.74) is 0.595. The first-order valence-corrected chi connectivity index (χ1v) is 7.50. The molecule has 0 atom stereocenters. The molecule has 0 aliphatic heterocycles. The van der Waals surface area contributed by atoms with Crippen molar-refractivity contribution in [2.75, 3.05) is 19.5 Å². The van der Waals surface area contributed by atoms with Crippen LogP contribution in [0.5, 0.6) is 0 Å². The predicted molar refractivity (Wildman–Crippen MR) is 92.0 cm³/mol. The summed E-state index contributed by atoms with van der Waals surface area (Å²) in [6.07, 6.45) is 0.922. The summed E-state index contributed by atoms with van der Waals surface area (Å²) in [4.78, 5) is 36.0. The van der Waals surface area contributed by atoms with Gasteiger partial charge >= 0.3 is 11.9 Å². The molecule has 0 aliphatic carbocycles. The van der Waals surface area contributed by atoms with Crippen LogP contribution >= 0.6 is 0 Å². The number of para-hydroxylation sites is 1. The van der Waals surface area contributed by atoms with Gasteiger partial charge in [0.05, 0.1) is 20.3 Å². The highest BCUT2D eigenvalue weighted by Crippen LogP contribution is 2.21. The number of ketones is 1. The first-order chi connectivity index (χ1) is 12.5. The van der Waals surface area contributed by atoms with Gasteiger partial charge in [0.15, 0.2) is 5.78 Å². The molecule has 0 bridgehead atoms. The minimum atomic E-state index is -0.806. The molecule has 0 heterocycles. The molecule has 0 spiro atoms. The van der Waals surface area contributed by atoms with E-state index in [1.807, 2.05) is 0 Å². The molecule has 0 aliphatic rings. The van der Waals surface area contributed by atoms with Gasteiger partial charge in [-0.05, 0) is 36.4 Å². The summed E-state index contributed by atoms with van der Waals surface area (Å²) in [5, 5.41) is 2.72. The summed E-state index contributed by atoms with van der Waals surface area (Å²) >= 11 is 0. The summed E-state index contributed by atoms with van der Waals surface area (Å²) < 4.78 is 22.2. The number of carbonyl (C=O) groups is 3. The van der Waals surface area contributed by atoms with Gasteiger partial charge < -0.3 is 14.8 Å². The quantitative estimate of drug-likeness (QED) is 0.486. The molecule has 7 heteroatoms. The molecule has 0 radical (unpaired) electrons. The molecular weight excluding hydrogens is 341 g/mol. The number of hydrogen-bond donors (Lipinski definition) is 1. The molecule has 0 saturated carbocycles. The van der Waals surface area contributed by atoms with E-state index in [-0.39, 0.29) is 28.3 Å². The molecule has 6 nitrogen and oxygen atoms in total. The lowest BCUT2D eigenvalue weighted by atomic mass is 10.0. The Morgan fingerprint density at radius 1 is 0.962 bits per heavy atom. The van der Waals surface area contributed by atoms with Crippen LogP contribution in [0.25, 0.3) is 0 Å². The van der Waals surface area contributed by atoms with Crippen molar-refractivity contribution in [1.82, 2.24) is 0 Å². The number of rotatable bonds is 6. The van der Waals surface area contributed by atoms with Crippen molar-refractivity contribution in [3.05, 3.63) is 77.2 Å². The van der Waals surface area contributed by atoms with E-state index >= 15 is 0 Å². The van der Waals surface area contributed by atoms with Gasteiger partial charge in [-0.1, -0.05) is 12.1 Å². The van der Waals surface area contributed by atoms with Crippen LogP contribution in [0, 0.1) is 5.82 Å².